The number of ether oxygens (including phenoxy) is 1. The van der Waals surface area contributed by atoms with Gasteiger partial charge in [0.2, 0.25) is 0 Å². The van der Waals surface area contributed by atoms with E-state index in [2.05, 4.69) is 74.7 Å². The maximum atomic E-state index is 5.51. The number of anilines is 1. The van der Waals surface area contributed by atoms with Crippen LogP contribution in [-0.4, -0.2) is 57.3 Å². The summed E-state index contributed by atoms with van der Waals surface area (Å²) in [5, 5.41) is 3.61. The molecule has 30 heavy (non-hydrogen) atoms. The second-order valence-corrected chi connectivity index (χ2v) is 7.92. The van der Waals surface area contributed by atoms with Gasteiger partial charge in [-0.2, -0.15) is 0 Å². The molecule has 2 aliphatic heterocycles. The predicted molar refractivity (Wildman–Crippen MR) is 135 cm³/mol. The van der Waals surface area contributed by atoms with Crippen LogP contribution in [0.5, 0.6) is 0 Å². The van der Waals surface area contributed by atoms with E-state index in [0.717, 1.165) is 58.3 Å². The van der Waals surface area contributed by atoms with Crippen LogP contribution in [0.3, 0.4) is 0 Å². The van der Waals surface area contributed by atoms with Crippen LogP contribution in [0.4, 0.5) is 5.69 Å². The first-order valence-corrected chi connectivity index (χ1v) is 10.7. The molecule has 0 saturated carbocycles. The van der Waals surface area contributed by atoms with Crippen molar-refractivity contribution >= 4 is 35.6 Å². The summed E-state index contributed by atoms with van der Waals surface area (Å²) in [7, 11) is 1.89. The number of aliphatic imine (C=N–C) groups is 1. The number of guanidine groups is 1. The van der Waals surface area contributed by atoms with Crippen molar-refractivity contribution in [3.63, 3.8) is 0 Å². The second-order valence-electron chi connectivity index (χ2n) is 7.92. The van der Waals surface area contributed by atoms with Crippen molar-refractivity contribution in [3.05, 3.63) is 65.7 Å². The summed E-state index contributed by atoms with van der Waals surface area (Å²) in [5.74, 6) is 1.70. The molecule has 2 aromatic carbocycles. The lowest BCUT2D eigenvalue weighted by Gasteiger charge is -2.31. The number of hydrogen-bond donors (Lipinski definition) is 1. The summed E-state index contributed by atoms with van der Waals surface area (Å²) in [6.07, 6.45) is 2.37. The normalized spacial score (nSPS) is 19.5. The van der Waals surface area contributed by atoms with Gasteiger partial charge in [-0.3, -0.25) is 4.99 Å². The van der Waals surface area contributed by atoms with Crippen LogP contribution in [0.15, 0.2) is 59.6 Å². The van der Waals surface area contributed by atoms with Crippen molar-refractivity contribution in [1.82, 2.24) is 10.2 Å². The van der Waals surface area contributed by atoms with E-state index in [1.54, 1.807) is 0 Å². The zero-order chi connectivity index (χ0) is 19.9. The van der Waals surface area contributed by atoms with Gasteiger partial charge in [-0.25, -0.2) is 0 Å². The highest BCUT2D eigenvalue weighted by Crippen LogP contribution is 2.23. The molecule has 0 radical (unpaired) electrons. The van der Waals surface area contributed by atoms with Gasteiger partial charge in [0.25, 0.3) is 0 Å². The Morgan fingerprint density at radius 2 is 1.77 bits per heavy atom. The molecule has 1 unspecified atom stereocenters. The van der Waals surface area contributed by atoms with E-state index in [0.29, 0.717) is 5.92 Å². The van der Waals surface area contributed by atoms with Crippen molar-refractivity contribution in [2.24, 2.45) is 10.9 Å². The minimum absolute atomic E-state index is 0. The molecule has 5 nitrogen and oxygen atoms in total. The van der Waals surface area contributed by atoms with E-state index in [9.17, 15) is 0 Å². The summed E-state index contributed by atoms with van der Waals surface area (Å²) in [4.78, 5) is 9.40. The highest BCUT2D eigenvalue weighted by molar-refractivity contribution is 14.0. The third-order valence-corrected chi connectivity index (χ3v) is 5.94. The third-order valence-electron chi connectivity index (χ3n) is 5.94. The molecule has 1 atom stereocenters. The number of halogens is 1. The number of morpholine rings is 1. The zero-order valence-electron chi connectivity index (χ0n) is 17.8. The Morgan fingerprint density at radius 3 is 2.53 bits per heavy atom. The molecule has 6 heteroatoms. The number of rotatable bonds is 5. The number of para-hydroxylation sites is 1. The lowest BCUT2D eigenvalue weighted by atomic mass is 9.99. The van der Waals surface area contributed by atoms with Gasteiger partial charge in [0.15, 0.2) is 5.96 Å². The summed E-state index contributed by atoms with van der Waals surface area (Å²) in [6, 6.07) is 19.5. The van der Waals surface area contributed by atoms with Gasteiger partial charge in [-0.1, -0.05) is 48.5 Å². The standard InChI is InChI=1S/C24H32N4O.HI/c1-25-24(28-12-11-21(19-28)17-20-7-3-2-4-8-20)26-18-22-9-5-6-10-23(22)27-13-15-29-16-14-27;/h2-10,21H,11-19H2,1H3,(H,25,26);1H. The molecule has 162 valence electrons. The molecule has 2 aromatic rings. The largest absolute Gasteiger partial charge is 0.378 e. The smallest absolute Gasteiger partial charge is 0.193 e. The Labute approximate surface area is 197 Å². The summed E-state index contributed by atoms with van der Waals surface area (Å²) in [6.45, 7) is 6.46. The van der Waals surface area contributed by atoms with Crippen molar-refractivity contribution in [1.29, 1.82) is 0 Å². The minimum Gasteiger partial charge on any atom is -0.378 e. The van der Waals surface area contributed by atoms with Crippen molar-refractivity contribution in [2.75, 3.05) is 51.3 Å². The van der Waals surface area contributed by atoms with Crippen LogP contribution in [0.2, 0.25) is 0 Å². The molecule has 2 heterocycles. The summed E-state index contributed by atoms with van der Waals surface area (Å²) in [5.41, 5.74) is 4.06. The van der Waals surface area contributed by atoms with E-state index in [4.69, 9.17) is 4.74 Å². The average molecular weight is 520 g/mol. The fourth-order valence-electron chi connectivity index (χ4n) is 4.42. The number of likely N-dealkylation sites (tertiary alicyclic amines) is 1. The van der Waals surface area contributed by atoms with Gasteiger partial charge in [-0.15, -0.1) is 24.0 Å². The van der Waals surface area contributed by atoms with Crippen molar-refractivity contribution in [3.8, 4) is 0 Å². The second kappa shape index (κ2) is 11.6. The molecule has 2 saturated heterocycles. The lowest BCUT2D eigenvalue weighted by molar-refractivity contribution is 0.122. The molecular weight excluding hydrogens is 487 g/mol. The Morgan fingerprint density at radius 1 is 1.03 bits per heavy atom. The van der Waals surface area contributed by atoms with Crippen LogP contribution in [0.1, 0.15) is 17.5 Å². The van der Waals surface area contributed by atoms with Gasteiger partial charge < -0.3 is 19.9 Å². The van der Waals surface area contributed by atoms with Crippen molar-refractivity contribution < 1.29 is 4.74 Å². The summed E-state index contributed by atoms with van der Waals surface area (Å²) < 4.78 is 5.51. The van der Waals surface area contributed by atoms with E-state index in [-0.39, 0.29) is 24.0 Å². The lowest BCUT2D eigenvalue weighted by Crippen LogP contribution is -2.40. The van der Waals surface area contributed by atoms with Crippen LogP contribution in [0.25, 0.3) is 0 Å². The van der Waals surface area contributed by atoms with Gasteiger partial charge in [0, 0.05) is 45.5 Å². The first kappa shape index (κ1) is 22.9. The van der Waals surface area contributed by atoms with Gasteiger partial charge in [-0.05, 0) is 36.0 Å². The number of nitrogens with one attached hydrogen (secondary N) is 1. The van der Waals surface area contributed by atoms with Crippen LogP contribution in [0, 0.1) is 5.92 Å². The molecule has 0 aliphatic carbocycles. The average Bonchev–Trinajstić information content (AvgIpc) is 3.24. The molecule has 2 aliphatic rings. The molecule has 0 bridgehead atoms. The molecule has 0 spiro atoms. The Hall–Kier alpha value is -1.80. The SMILES string of the molecule is CN=C(NCc1ccccc1N1CCOCC1)N1CCC(Cc2ccccc2)C1.I. The fraction of sp³-hybridized carbons (Fsp3) is 0.458. The Balaban J connectivity index is 0.00000256. The van der Waals surface area contributed by atoms with Crippen LogP contribution in [-0.2, 0) is 17.7 Å². The molecule has 0 amide bonds. The highest BCUT2D eigenvalue weighted by atomic mass is 127. The van der Waals surface area contributed by atoms with E-state index in [1.807, 2.05) is 7.05 Å². The monoisotopic (exact) mass is 520 g/mol. The molecule has 2 fully saturated rings. The predicted octanol–water partition coefficient (Wildman–Crippen LogP) is 3.78. The van der Waals surface area contributed by atoms with Gasteiger partial charge in [0.1, 0.15) is 0 Å². The fourth-order valence-corrected chi connectivity index (χ4v) is 4.42. The molecule has 0 aromatic heterocycles. The van der Waals surface area contributed by atoms with Crippen LogP contribution >= 0.6 is 24.0 Å². The number of hydrogen-bond acceptors (Lipinski definition) is 3. The van der Waals surface area contributed by atoms with E-state index < -0.39 is 0 Å². The Kier molecular flexibility index (Phi) is 8.81. The molecule has 4 rings (SSSR count). The van der Waals surface area contributed by atoms with E-state index in [1.165, 1.54) is 23.2 Å². The number of nitrogens with zero attached hydrogens (tertiary/aromatic N) is 3. The van der Waals surface area contributed by atoms with Crippen molar-refractivity contribution in [2.45, 2.75) is 19.4 Å². The van der Waals surface area contributed by atoms with E-state index >= 15 is 0 Å². The third kappa shape index (κ3) is 5.88. The first-order valence-electron chi connectivity index (χ1n) is 10.7. The maximum Gasteiger partial charge on any atom is 0.193 e. The maximum absolute atomic E-state index is 5.51. The summed E-state index contributed by atoms with van der Waals surface area (Å²) >= 11 is 0. The van der Waals surface area contributed by atoms with Gasteiger partial charge in [0.05, 0.1) is 13.2 Å². The Bertz CT molecular complexity index is 808. The zero-order valence-corrected chi connectivity index (χ0v) is 20.1. The first-order chi connectivity index (χ1) is 14.3. The van der Waals surface area contributed by atoms with Gasteiger partial charge >= 0.3 is 0 Å². The molecule has 1 N–H and O–H groups in total. The topological polar surface area (TPSA) is 40.1 Å². The van der Waals surface area contributed by atoms with Crippen LogP contribution < -0.4 is 10.2 Å². The highest BCUT2D eigenvalue weighted by Gasteiger charge is 2.25. The minimum atomic E-state index is 0. The molecular formula is C24H33IN4O. The number of benzene rings is 2. The quantitative estimate of drug-likeness (QED) is 0.370.